The van der Waals surface area contributed by atoms with Crippen molar-refractivity contribution in [3.05, 3.63) is 137 Å². The second kappa shape index (κ2) is 14.8. The normalized spacial score (nSPS) is 13.7. The Bertz CT molecular complexity index is 1670. The molecule has 4 heteroatoms. The van der Waals surface area contributed by atoms with Crippen molar-refractivity contribution in [1.29, 1.82) is 0 Å². The number of fused-ring (bicyclic) bond motifs is 5. The van der Waals surface area contributed by atoms with Crippen LogP contribution in [0.15, 0.2) is 103 Å². The maximum atomic E-state index is 3.72. The van der Waals surface area contributed by atoms with Crippen LogP contribution >= 0.6 is 0 Å². The molecule has 1 atom stereocenters. The molecular formula is C37H33Cl2SiZr. The van der Waals surface area contributed by atoms with E-state index < -0.39 is 0 Å². The molecule has 0 bridgehead atoms. The van der Waals surface area contributed by atoms with Gasteiger partial charge in [-0.05, 0) is 63.1 Å². The molecule has 2 aliphatic carbocycles. The summed E-state index contributed by atoms with van der Waals surface area (Å²) in [6.07, 6.45) is 5.76. The van der Waals surface area contributed by atoms with Crippen LogP contribution in [0.4, 0.5) is 0 Å². The first-order valence-electron chi connectivity index (χ1n) is 13.8. The van der Waals surface area contributed by atoms with E-state index in [0.717, 1.165) is 28.8 Å². The van der Waals surface area contributed by atoms with E-state index in [4.69, 9.17) is 0 Å². The van der Waals surface area contributed by atoms with Gasteiger partial charge in [0.15, 0.2) is 0 Å². The molecule has 0 heterocycles. The molecule has 2 aliphatic rings. The fourth-order valence-electron chi connectivity index (χ4n) is 6.29. The molecule has 203 valence electrons. The van der Waals surface area contributed by atoms with Gasteiger partial charge in [-0.2, -0.15) is 18.2 Å². The molecule has 0 spiro atoms. The van der Waals surface area contributed by atoms with Crippen LogP contribution in [0, 0.1) is 6.07 Å². The molecule has 0 amide bonds. The summed E-state index contributed by atoms with van der Waals surface area (Å²) in [6.45, 7) is 6.60. The third-order valence-electron chi connectivity index (χ3n) is 7.85. The van der Waals surface area contributed by atoms with Crippen LogP contribution in [-0.2, 0) is 32.6 Å². The zero-order valence-corrected chi connectivity index (χ0v) is 28.7. The Morgan fingerprint density at radius 3 is 2.27 bits per heavy atom. The standard InChI is InChI=1S/C35H27.C2H6Si.2ClH.Zr/c1-2-9-27-22-33-29(26-19-18-23-10-3-4-11-24(23)20-26)14-7-16-31(33)35(27)32-17-8-15-30-28-13-6-5-12-25(28)21-34(30)32;1-3-2;;;/h3-8,10-16,18-20,22,35H,2,9,21H2,1H3;1-2H3;2*1H;/q-1;;;;+3/p-2. The summed E-state index contributed by atoms with van der Waals surface area (Å²) in [5.74, 6) is 0.287. The Hall–Kier alpha value is -2.22. The van der Waals surface area contributed by atoms with E-state index in [-0.39, 0.29) is 56.9 Å². The van der Waals surface area contributed by atoms with Crippen molar-refractivity contribution in [3.63, 3.8) is 0 Å². The zero-order valence-electron chi connectivity index (χ0n) is 23.8. The molecule has 0 aliphatic heterocycles. The van der Waals surface area contributed by atoms with E-state index in [1.54, 1.807) is 0 Å². The maximum absolute atomic E-state index is 3.72. The van der Waals surface area contributed by atoms with Crippen molar-refractivity contribution < 1.29 is 51.0 Å². The average Bonchev–Trinajstić information content (AvgIpc) is 3.51. The van der Waals surface area contributed by atoms with Gasteiger partial charge in [-0.15, -0.1) is 16.7 Å². The molecule has 7 rings (SSSR count). The molecule has 5 aromatic carbocycles. The summed E-state index contributed by atoms with van der Waals surface area (Å²) in [6, 6.07) is 39.4. The number of halogens is 2. The molecule has 0 nitrogen and oxygen atoms in total. The number of benzene rings is 5. The Morgan fingerprint density at radius 1 is 0.780 bits per heavy atom. The summed E-state index contributed by atoms with van der Waals surface area (Å²) < 4.78 is 0. The first-order valence-corrected chi connectivity index (χ1v) is 15.8. The minimum Gasteiger partial charge on any atom is -1.00 e. The second-order valence-electron chi connectivity index (χ2n) is 10.4. The summed E-state index contributed by atoms with van der Waals surface area (Å²) in [4.78, 5) is 0. The van der Waals surface area contributed by atoms with Gasteiger partial charge in [-0.3, -0.25) is 0 Å². The smallest absolute Gasteiger partial charge is 1.00 e. The first-order chi connectivity index (χ1) is 18.7. The molecule has 0 saturated heterocycles. The van der Waals surface area contributed by atoms with Gasteiger partial charge in [0.1, 0.15) is 0 Å². The molecule has 41 heavy (non-hydrogen) atoms. The van der Waals surface area contributed by atoms with Gasteiger partial charge in [-0.25, -0.2) is 0 Å². The molecule has 5 aromatic rings. The molecular weight excluding hydrogens is 635 g/mol. The van der Waals surface area contributed by atoms with Crippen molar-refractivity contribution in [2.75, 3.05) is 0 Å². The number of hydrogen-bond acceptors (Lipinski definition) is 0. The fraction of sp³-hybridized carbons (Fsp3) is 0.189. The topological polar surface area (TPSA) is 0 Å². The summed E-state index contributed by atoms with van der Waals surface area (Å²) in [5, 5.41) is 2.58. The second-order valence-corrected chi connectivity index (χ2v) is 11.4. The van der Waals surface area contributed by atoms with Crippen molar-refractivity contribution in [2.24, 2.45) is 0 Å². The average molecular weight is 668 g/mol. The van der Waals surface area contributed by atoms with Gasteiger partial charge in [-0.1, -0.05) is 117 Å². The van der Waals surface area contributed by atoms with E-state index >= 15 is 0 Å². The van der Waals surface area contributed by atoms with Crippen LogP contribution in [0.3, 0.4) is 0 Å². The third-order valence-corrected chi connectivity index (χ3v) is 7.85. The maximum Gasteiger partial charge on any atom is 3.00 e. The van der Waals surface area contributed by atoms with E-state index in [0.29, 0.717) is 0 Å². The van der Waals surface area contributed by atoms with Gasteiger partial charge in [0.2, 0.25) is 0 Å². The Kier molecular flexibility index (Phi) is 12.0. The van der Waals surface area contributed by atoms with E-state index in [2.05, 4.69) is 129 Å². The third kappa shape index (κ3) is 6.28. The largest absolute Gasteiger partial charge is 3.00 e. The molecule has 0 fully saturated rings. The van der Waals surface area contributed by atoms with Crippen molar-refractivity contribution in [3.8, 4) is 22.3 Å². The summed E-state index contributed by atoms with van der Waals surface area (Å²) in [7, 11) is 1.08. The van der Waals surface area contributed by atoms with Gasteiger partial charge < -0.3 is 24.8 Å². The van der Waals surface area contributed by atoms with Gasteiger partial charge in [0.25, 0.3) is 0 Å². The van der Waals surface area contributed by atoms with Crippen LogP contribution in [0.1, 0.15) is 53.5 Å². The van der Waals surface area contributed by atoms with E-state index in [1.165, 1.54) is 66.4 Å². The molecule has 3 radical (unpaired) electrons. The molecule has 0 N–H and O–H groups in total. The van der Waals surface area contributed by atoms with Crippen LogP contribution < -0.4 is 24.8 Å². The van der Waals surface area contributed by atoms with E-state index in [1.807, 2.05) is 0 Å². The SMILES string of the molecule is CCCC1=Cc2c(-c3ccc4ccccc4c3)cccc2C1c1[c-]ccc2c1Cc1ccccc1-2.C[Si]C.[Cl-].[Cl-].[Zr+3]. The van der Waals surface area contributed by atoms with Crippen molar-refractivity contribution in [1.82, 2.24) is 0 Å². The summed E-state index contributed by atoms with van der Waals surface area (Å²) >= 11 is 0. The predicted molar refractivity (Wildman–Crippen MR) is 165 cm³/mol. The van der Waals surface area contributed by atoms with Crippen LogP contribution in [0.2, 0.25) is 13.1 Å². The van der Waals surface area contributed by atoms with Gasteiger partial charge in [0.05, 0.1) is 0 Å². The fourth-order valence-corrected chi connectivity index (χ4v) is 6.29. The summed E-state index contributed by atoms with van der Waals surface area (Å²) in [5.41, 5.74) is 14.0. The zero-order chi connectivity index (χ0) is 26.1. The minimum absolute atomic E-state index is 0. The molecule has 0 aromatic heterocycles. The van der Waals surface area contributed by atoms with Crippen LogP contribution in [0.5, 0.6) is 0 Å². The number of allylic oxidation sites excluding steroid dienone is 1. The Labute approximate surface area is 279 Å². The minimum atomic E-state index is 0. The first kappa shape index (κ1) is 33.3. The predicted octanol–water partition coefficient (Wildman–Crippen LogP) is 4.00. The molecule has 0 saturated carbocycles. The van der Waals surface area contributed by atoms with Crippen molar-refractivity contribution in [2.45, 2.75) is 45.2 Å². The Balaban J connectivity index is 0.000000740. The number of hydrogen-bond donors (Lipinski definition) is 0. The Morgan fingerprint density at radius 2 is 1.49 bits per heavy atom. The van der Waals surface area contributed by atoms with E-state index in [9.17, 15) is 0 Å². The van der Waals surface area contributed by atoms with Crippen LogP contribution in [0.25, 0.3) is 39.1 Å². The van der Waals surface area contributed by atoms with Crippen LogP contribution in [-0.4, -0.2) is 9.52 Å². The quantitative estimate of drug-likeness (QED) is 0.197. The number of rotatable bonds is 4. The van der Waals surface area contributed by atoms with Gasteiger partial charge in [0, 0.05) is 15.4 Å². The van der Waals surface area contributed by atoms with Gasteiger partial charge >= 0.3 is 26.2 Å². The monoisotopic (exact) mass is 665 g/mol. The van der Waals surface area contributed by atoms with Crippen molar-refractivity contribution >= 4 is 26.4 Å². The molecule has 1 unspecified atom stereocenters.